The van der Waals surface area contributed by atoms with Gasteiger partial charge in [0.15, 0.2) is 0 Å². The van der Waals surface area contributed by atoms with Gasteiger partial charge in [-0.05, 0) is 56.7 Å². The summed E-state index contributed by atoms with van der Waals surface area (Å²) in [5.41, 5.74) is 3.00. The van der Waals surface area contributed by atoms with Gasteiger partial charge in [0.25, 0.3) is 0 Å². The minimum Gasteiger partial charge on any atom is -0.494 e. The number of piperidine rings is 1. The highest BCUT2D eigenvalue weighted by Crippen LogP contribution is 2.23. The van der Waals surface area contributed by atoms with E-state index >= 15 is 0 Å². The highest BCUT2D eigenvalue weighted by Gasteiger charge is 2.31. The Morgan fingerprint density at radius 1 is 1.12 bits per heavy atom. The lowest BCUT2D eigenvalue weighted by atomic mass is 9.97. The highest BCUT2D eigenvalue weighted by atomic mass is 32.2. The molecule has 1 aliphatic heterocycles. The lowest BCUT2D eigenvalue weighted by Gasteiger charge is -2.30. The molecule has 0 spiro atoms. The van der Waals surface area contributed by atoms with Crippen molar-refractivity contribution in [3.8, 4) is 5.75 Å². The van der Waals surface area contributed by atoms with E-state index in [0.29, 0.717) is 39.1 Å². The van der Waals surface area contributed by atoms with Gasteiger partial charge in [0, 0.05) is 25.6 Å². The molecule has 6 nitrogen and oxygen atoms in total. The van der Waals surface area contributed by atoms with Crippen LogP contribution in [0.1, 0.15) is 42.9 Å². The number of hydrogen-bond donors (Lipinski definition) is 1. The molecule has 32 heavy (non-hydrogen) atoms. The molecular formula is C25H34N2O4S. The van der Waals surface area contributed by atoms with Crippen molar-refractivity contribution < 1.29 is 17.9 Å². The monoisotopic (exact) mass is 458 g/mol. The van der Waals surface area contributed by atoms with E-state index in [1.807, 2.05) is 56.3 Å². The third-order valence-corrected chi connectivity index (χ3v) is 7.69. The molecule has 2 aromatic rings. The third kappa shape index (κ3) is 6.81. The molecule has 0 unspecified atom stereocenters. The second-order valence-corrected chi connectivity index (χ2v) is 10.3. The molecule has 1 aliphatic rings. The predicted molar refractivity (Wildman–Crippen MR) is 127 cm³/mol. The van der Waals surface area contributed by atoms with Gasteiger partial charge in [-0.25, -0.2) is 12.7 Å². The minimum atomic E-state index is -3.37. The Morgan fingerprint density at radius 3 is 2.59 bits per heavy atom. The summed E-state index contributed by atoms with van der Waals surface area (Å²) < 4.78 is 32.7. The molecule has 174 valence electrons. The number of nitrogens with zero attached hydrogens (tertiary/aromatic N) is 1. The van der Waals surface area contributed by atoms with E-state index in [0.717, 1.165) is 35.3 Å². The summed E-state index contributed by atoms with van der Waals surface area (Å²) >= 11 is 0. The lowest BCUT2D eigenvalue weighted by molar-refractivity contribution is -0.126. The van der Waals surface area contributed by atoms with E-state index in [1.165, 1.54) is 4.31 Å². The Kier molecular flexibility index (Phi) is 8.70. The number of carbonyl (C=O) groups excluding carboxylic acids is 1. The van der Waals surface area contributed by atoms with Gasteiger partial charge in [-0.2, -0.15) is 0 Å². The quantitative estimate of drug-likeness (QED) is 0.551. The van der Waals surface area contributed by atoms with Gasteiger partial charge < -0.3 is 10.1 Å². The van der Waals surface area contributed by atoms with E-state index in [4.69, 9.17) is 4.74 Å². The fraction of sp³-hybridized carbons (Fsp3) is 0.480. The summed E-state index contributed by atoms with van der Waals surface area (Å²) in [4.78, 5) is 12.6. The molecule has 7 heteroatoms. The van der Waals surface area contributed by atoms with Crippen molar-refractivity contribution in [2.75, 3.05) is 26.2 Å². The van der Waals surface area contributed by atoms with Gasteiger partial charge in [0.2, 0.25) is 15.9 Å². The molecule has 0 aromatic heterocycles. The first-order chi connectivity index (χ1) is 15.4. The van der Waals surface area contributed by atoms with E-state index in [2.05, 4.69) is 11.4 Å². The number of aryl methyl sites for hydroxylation is 2. The number of rotatable bonds is 10. The predicted octanol–water partition coefficient (Wildman–Crippen LogP) is 3.68. The van der Waals surface area contributed by atoms with Crippen LogP contribution in [0.4, 0.5) is 0 Å². The fourth-order valence-electron chi connectivity index (χ4n) is 4.14. The van der Waals surface area contributed by atoms with Crippen molar-refractivity contribution in [2.45, 2.75) is 45.3 Å². The average molecular weight is 459 g/mol. The first-order valence-electron chi connectivity index (χ1n) is 11.4. The first kappa shape index (κ1) is 24.3. The summed E-state index contributed by atoms with van der Waals surface area (Å²) in [7, 11) is -3.37. The van der Waals surface area contributed by atoms with Crippen LogP contribution in [-0.4, -0.2) is 44.9 Å². The number of sulfonamides is 1. The van der Waals surface area contributed by atoms with Crippen molar-refractivity contribution in [2.24, 2.45) is 5.92 Å². The topological polar surface area (TPSA) is 75.7 Å². The normalized spacial score (nSPS) is 15.4. The van der Waals surface area contributed by atoms with Crippen LogP contribution in [0.15, 0.2) is 48.5 Å². The number of ether oxygens (including phenoxy) is 1. The highest BCUT2D eigenvalue weighted by molar-refractivity contribution is 7.88. The molecule has 2 aromatic carbocycles. The molecule has 0 radical (unpaired) electrons. The Balaban J connectivity index is 1.41. The maximum atomic E-state index is 12.8. The SMILES string of the molecule is CCOc1ccccc1CCCNC(=O)C1CCN(S(=O)(=O)Cc2cccc(C)c2)CC1. The van der Waals surface area contributed by atoms with Gasteiger partial charge in [-0.1, -0.05) is 48.0 Å². The molecule has 1 fully saturated rings. The maximum Gasteiger partial charge on any atom is 0.223 e. The Hall–Kier alpha value is -2.38. The zero-order chi connectivity index (χ0) is 23.0. The summed E-state index contributed by atoms with van der Waals surface area (Å²) in [6.07, 6.45) is 2.80. The smallest absolute Gasteiger partial charge is 0.223 e. The third-order valence-electron chi connectivity index (χ3n) is 5.84. The number of nitrogens with one attached hydrogen (secondary N) is 1. The fourth-order valence-corrected chi connectivity index (χ4v) is 5.69. The van der Waals surface area contributed by atoms with Crippen LogP contribution < -0.4 is 10.1 Å². The molecule has 3 rings (SSSR count). The zero-order valence-electron chi connectivity index (χ0n) is 19.0. The molecule has 0 saturated carbocycles. The summed E-state index contributed by atoms with van der Waals surface area (Å²) in [5.74, 6) is 0.810. The Morgan fingerprint density at radius 2 is 1.88 bits per heavy atom. The summed E-state index contributed by atoms with van der Waals surface area (Å²) in [6.45, 7) is 5.95. The number of hydrogen-bond acceptors (Lipinski definition) is 4. The Labute approximate surface area is 192 Å². The molecule has 1 saturated heterocycles. The van der Waals surface area contributed by atoms with Crippen molar-refractivity contribution >= 4 is 15.9 Å². The van der Waals surface area contributed by atoms with Gasteiger partial charge in [-0.3, -0.25) is 4.79 Å². The molecular weight excluding hydrogens is 424 g/mol. The molecule has 0 bridgehead atoms. The van der Waals surface area contributed by atoms with Crippen LogP contribution in [0, 0.1) is 12.8 Å². The maximum absolute atomic E-state index is 12.8. The minimum absolute atomic E-state index is 0.00869. The van der Waals surface area contributed by atoms with Crippen LogP contribution in [0.2, 0.25) is 0 Å². The first-order valence-corrected chi connectivity index (χ1v) is 13.0. The summed E-state index contributed by atoms with van der Waals surface area (Å²) in [5, 5.41) is 3.03. The Bertz CT molecular complexity index is 999. The number of carbonyl (C=O) groups is 1. The summed E-state index contributed by atoms with van der Waals surface area (Å²) in [6, 6.07) is 15.6. The molecule has 0 atom stereocenters. The molecule has 1 heterocycles. The lowest BCUT2D eigenvalue weighted by Crippen LogP contribution is -2.43. The number of para-hydroxylation sites is 1. The standard InChI is InChI=1S/C25H34N2O4S/c1-3-31-24-12-5-4-10-22(24)11-7-15-26-25(28)23-13-16-27(17-14-23)32(29,30)19-21-9-6-8-20(2)18-21/h4-6,8-10,12,18,23H,3,7,11,13-17,19H2,1-2H3,(H,26,28). The van der Waals surface area contributed by atoms with Gasteiger partial charge in [0.1, 0.15) is 5.75 Å². The molecule has 0 aliphatic carbocycles. The van der Waals surface area contributed by atoms with Crippen LogP contribution in [0.3, 0.4) is 0 Å². The van der Waals surface area contributed by atoms with Gasteiger partial charge >= 0.3 is 0 Å². The van der Waals surface area contributed by atoms with Crippen molar-refractivity contribution in [1.29, 1.82) is 0 Å². The molecule has 1 N–H and O–H groups in total. The largest absolute Gasteiger partial charge is 0.494 e. The second kappa shape index (κ2) is 11.5. The van der Waals surface area contributed by atoms with E-state index in [9.17, 15) is 13.2 Å². The zero-order valence-corrected chi connectivity index (χ0v) is 19.9. The van der Waals surface area contributed by atoms with E-state index < -0.39 is 10.0 Å². The van der Waals surface area contributed by atoms with Crippen molar-refractivity contribution in [1.82, 2.24) is 9.62 Å². The van der Waals surface area contributed by atoms with Gasteiger partial charge in [-0.15, -0.1) is 0 Å². The molecule has 1 amide bonds. The number of benzene rings is 2. The van der Waals surface area contributed by atoms with Crippen LogP contribution >= 0.6 is 0 Å². The number of amides is 1. The second-order valence-electron chi connectivity index (χ2n) is 8.35. The average Bonchev–Trinajstić information content (AvgIpc) is 2.77. The van der Waals surface area contributed by atoms with Gasteiger partial charge in [0.05, 0.1) is 12.4 Å². The van der Waals surface area contributed by atoms with E-state index in [1.54, 1.807) is 0 Å². The van der Waals surface area contributed by atoms with Crippen molar-refractivity contribution in [3.05, 3.63) is 65.2 Å². The van der Waals surface area contributed by atoms with Crippen LogP contribution in [-0.2, 0) is 27.0 Å². The van der Waals surface area contributed by atoms with Crippen molar-refractivity contribution in [3.63, 3.8) is 0 Å². The van der Waals surface area contributed by atoms with E-state index in [-0.39, 0.29) is 17.6 Å². The van der Waals surface area contributed by atoms with Crippen LogP contribution in [0.5, 0.6) is 5.75 Å². The van der Waals surface area contributed by atoms with Crippen LogP contribution in [0.25, 0.3) is 0 Å².